The first-order valence-corrected chi connectivity index (χ1v) is 10.1. The molecular weight excluding hydrogens is 481 g/mol. The van der Waals surface area contributed by atoms with Gasteiger partial charge in [0, 0.05) is 39.4 Å². The highest BCUT2D eigenvalue weighted by Crippen LogP contribution is 2.23. The van der Waals surface area contributed by atoms with Gasteiger partial charge in [-0.1, -0.05) is 32.9 Å². The van der Waals surface area contributed by atoms with Gasteiger partial charge in [-0.15, -0.1) is 24.0 Å². The summed E-state index contributed by atoms with van der Waals surface area (Å²) in [5.74, 6) is 1.65. The minimum Gasteiger partial charge on any atom is -0.491 e. The predicted molar refractivity (Wildman–Crippen MR) is 130 cm³/mol. The standard InChI is InChI=1S/C22H37N3O3.HI/c1-16-9-10-17(19(12-16)28-15-18-8-7-11-27-18)13-24-21(23-5)25-14-20(26-6)22(2,3)4;/h9-10,12,18,20H,7-8,11,13-15H2,1-6H3,(H2,23,24,25);1H. The third-order valence-corrected chi connectivity index (χ3v) is 5.05. The Bertz CT molecular complexity index is 641. The Morgan fingerprint density at radius 1 is 1.31 bits per heavy atom. The molecule has 29 heavy (non-hydrogen) atoms. The van der Waals surface area contributed by atoms with Crippen LogP contribution in [0.1, 0.15) is 44.7 Å². The second-order valence-corrected chi connectivity index (χ2v) is 8.45. The highest BCUT2D eigenvalue weighted by molar-refractivity contribution is 14.0. The summed E-state index contributed by atoms with van der Waals surface area (Å²) in [6.07, 6.45) is 2.49. The molecule has 2 atom stereocenters. The lowest BCUT2D eigenvalue weighted by Crippen LogP contribution is -2.45. The van der Waals surface area contributed by atoms with E-state index in [1.165, 1.54) is 5.56 Å². The number of hydrogen-bond acceptors (Lipinski definition) is 4. The number of nitrogens with one attached hydrogen (secondary N) is 2. The number of hydrogen-bond donors (Lipinski definition) is 2. The summed E-state index contributed by atoms with van der Waals surface area (Å²) >= 11 is 0. The molecule has 166 valence electrons. The molecule has 1 aliphatic heterocycles. The van der Waals surface area contributed by atoms with Crippen LogP contribution in [0.5, 0.6) is 5.75 Å². The maximum absolute atomic E-state index is 6.08. The number of methoxy groups -OCH3 is 1. The minimum atomic E-state index is 0. The van der Waals surface area contributed by atoms with Crippen LogP contribution in [0.2, 0.25) is 0 Å². The molecule has 0 saturated carbocycles. The van der Waals surface area contributed by atoms with E-state index in [1.807, 2.05) is 0 Å². The number of benzene rings is 1. The average Bonchev–Trinajstić information content (AvgIpc) is 3.16. The van der Waals surface area contributed by atoms with E-state index >= 15 is 0 Å². The number of halogens is 1. The number of aryl methyl sites for hydroxylation is 1. The molecule has 0 spiro atoms. The van der Waals surface area contributed by atoms with Crippen molar-refractivity contribution in [3.05, 3.63) is 29.3 Å². The average molecular weight is 519 g/mol. The molecule has 2 rings (SSSR count). The molecule has 0 aromatic heterocycles. The first kappa shape index (κ1) is 26.0. The van der Waals surface area contributed by atoms with Crippen LogP contribution in [0.4, 0.5) is 0 Å². The second kappa shape index (κ2) is 12.6. The molecule has 0 bridgehead atoms. The highest BCUT2D eigenvalue weighted by Gasteiger charge is 2.24. The van der Waals surface area contributed by atoms with Gasteiger partial charge in [0.15, 0.2) is 5.96 Å². The van der Waals surface area contributed by atoms with Crippen LogP contribution in [0.15, 0.2) is 23.2 Å². The molecule has 7 heteroatoms. The van der Waals surface area contributed by atoms with Crippen LogP contribution in [-0.2, 0) is 16.0 Å². The minimum absolute atomic E-state index is 0. The zero-order valence-corrected chi connectivity index (χ0v) is 21.0. The number of ether oxygens (including phenoxy) is 3. The number of nitrogens with zero attached hydrogens (tertiary/aromatic N) is 1. The van der Waals surface area contributed by atoms with E-state index in [1.54, 1.807) is 14.2 Å². The van der Waals surface area contributed by atoms with Gasteiger partial charge in [0.1, 0.15) is 12.4 Å². The van der Waals surface area contributed by atoms with Gasteiger partial charge in [-0.3, -0.25) is 4.99 Å². The monoisotopic (exact) mass is 519 g/mol. The Hall–Kier alpha value is -1.06. The Kier molecular flexibility index (Phi) is 11.3. The first-order chi connectivity index (χ1) is 13.3. The van der Waals surface area contributed by atoms with E-state index in [0.717, 1.165) is 36.7 Å². The van der Waals surface area contributed by atoms with Crippen LogP contribution in [0.25, 0.3) is 0 Å². The van der Waals surface area contributed by atoms with Crippen molar-refractivity contribution < 1.29 is 14.2 Å². The van der Waals surface area contributed by atoms with Crippen LogP contribution >= 0.6 is 24.0 Å². The van der Waals surface area contributed by atoms with Gasteiger partial charge in [-0.05, 0) is 36.8 Å². The molecular formula is C22H38IN3O3. The van der Waals surface area contributed by atoms with Crippen molar-refractivity contribution in [1.82, 2.24) is 10.6 Å². The largest absolute Gasteiger partial charge is 0.491 e. The molecule has 2 N–H and O–H groups in total. The van der Waals surface area contributed by atoms with Gasteiger partial charge in [0.2, 0.25) is 0 Å². The summed E-state index contributed by atoms with van der Waals surface area (Å²) in [5.41, 5.74) is 2.34. The Labute approximate surface area is 193 Å². The maximum Gasteiger partial charge on any atom is 0.191 e. The van der Waals surface area contributed by atoms with Crippen LogP contribution in [-0.4, -0.2) is 52.1 Å². The van der Waals surface area contributed by atoms with Crippen molar-refractivity contribution >= 4 is 29.9 Å². The summed E-state index contributed by atoms with van der Waals surface area (Å²) in [7, 11) is 3.52. The normalized spacial score (nSPS) is 18.1. The molecule has 0 amide bonds. The van der Waals surface area contributed by atoms with E-state index in [-0.39, 0.29) is 41.6 Å². The molecule has 1 aromatic carbocycles. The van der Waals surface area contributed by atoms with E-state index in [4.69, 9.17) is 14.2 Å². The van der Waals surface area contributed by atoms with Crippen LogP contribution in [0.3, 0.4) is 0 Å². The Morgan fingerprint density at radius 2 is 2.07 bits per heavy atom. The summed E-state index contributed by atoms with van der Waals surface area (Å²) < 4.78 is 17.4. The molecule has 1 fully saturated rings. The second-order valence-electron chi connectivity index (χ2n) is 8.45. The molecule has 1 aromatic rings. The number of rotatable bonds is 8. The molecule has 0 aliphatic carbocycles. The van der Waals surface area contributed by atoms with Gasteiger partial charge in [-0.25, -0.2) is 0 Å². The van der Waals surface area contributed by atoms with E-state index in [2.05, 4.69) is 61.5 Å². The van der Waals surface area contributed by atoms with Crippen molar-refractivity contribution in [2.75, 3.05) is 33.9 Å². The quantitative estimate of drug-likeness (QED) is 0.310. The Balaban J connectivity index is 0.00000420. The zero-order valence-electron chi connectivity index (χ0n) is 18.7. The van der Waals surface area contributed by atoms with E-state index < -0.39 is 0 Å². The van der Waals surface area contributed by atoms with Gasteiger partial charge in [0.25, 0.3) is 0 Å². The summed E-state index contributed by atoms with van der Waals surface area (Å²) in [6, 6.07) is 6.29. The van der Waals surface area contributed by atoms with Crippen LogP contribution < -0.4 is 15.4 Å². The van der Waals surface area contributed by atoms with Crippen molar-refractivity contribution in [3.8, 4) is 5.75 Å². The van der Waals surface area contributed by atoms with Crippen molar-refractivity contribution in [2.45, 2.75) is 59.3 Å². The van der Waals surface area contributed by atoms with Crippen molar-refractivity contribution in [1.29, 1.82) is 0 Å². The third-order valence-electron chi connectivity index (χ3n) is 5.05. The Morgan fingerprint density at radius 3 is 2.66 bits per heavy atom. The lowest BCUT2D eigenvalue weighted by Gasteiger charge is -2.30. The van der Waals surface area contributed by atoms with Gasteiger partial charge < -0.3 is 24.8 Å². The van der Waals surface area contributed by atoms with E-state index in [9.17, 15) is 0 Å². The fraction of sp³-hybridized carbons (Fsp3) is 0.682. The maximum atomic E-state index is 6.08. The molecule has 0 radical (unpaired) electrons. The molecule has 2 unspecified atom stereocenters. The first-order valence-electron chi connectivity index (χ1n) is 10.1. The smallest absolute Gasteiger partial charge is 0.191 e. The molecule has 6 nitrogen and oxygen atoms in total. The third kappa shape index (κ3) is 8.68. The van der Waals surface area contributed by atoms with Gasteiger partial charge in [0.05, 0.1) is 12.2 Å². The van der Waals surface area contributed by atoms with Gasteiger partial charge >= 0.3 is 0 Å². The van der Waals surface area contributed by atoms with E-state index in [0.29, 0.717) is 19.7 Å². The molecule has 1 saturated heterocycles. The summed E-state index contributed by atoms with van der Waals surface area (Å²) in [6.45, 7) is 11.4. The topological polar surface area (TPSA) is 64.1 Å². The fourth-order valence-electron chi connectivity index (χ4n) is 3.23. The van der Waals surface area contributed by atoms with Crippen molar-refractivity contribution in [3.63, 3.8) is 0 Å². The molecule has 1 heterocycles. The fourth-order valence-corrected chi connectivity index (χ4v) is 3.23. The van der Waals surface area contributed by atoms with Crippen LogP contribution in [0, 0.1) is 12.3 Å². The lowest BCUT2D eigenvalue weighted by atomic mass is 9.89. The summed E-state index contributed by atoms with van der Waals surface area (Å²) in [5, 5.41) is 6.73. The number of guanidine groups is 1. The highest BCUT2D eigenvalue weighted by atomic mass is 127. The molecule has 1 aliphatic rings. The SMILES string of the molecule is CN=C(NCc1ccc(C)cc1OCC1CCCO1)NCC(OC)C(C)(C)C.I. The predicted octanol–water partition coefficient (Wildman–Crippen LogP) is 3.90. The lowest BCUT2D eigenvalue weighted by molar-refractivity contribution is 0.0205. The number of aliphatic imine (C=N–C) groups is 1. The summed E-state index contributed by atoms with van der Waals surface area (Å²) in [4.78, 5) is 4.33. The van der Waals surface area contributed by atoms with Gasteiger partial charge in [-0.2, -0.15) is 0 Å². The zero-order chi connectivity index (χ0) is 20.6. The van der Waals surface area contributed by atoms with Crippen molar-refractivity contribution in [2.24, 2.45) is 10.4 Å².